The van der Waals surface area contributed by atoms with E-state index in [-0.39, 0.29) is 17.4 Å². The number of amides is 1. The molecule has 0 aliphatic rings. The third-order valence-electron chi connectivity index (χ3n) is 2.95. The average Bonchev–Trinajstić information content (AvgIpc) is 2.11. The van der Waals surface area contributed by atoms with Crippen molar-refractivity contribution >= 4 is 11.6 Å². The summed E-state index contributed by atoms with van der Waals surface area (Å²) in [6, 6.07) is 6.49. The molecule has 1 amide bonds. The van der Waals surface area contributed by atoms with Crippen LogP contribution < -0.4 is 4.90 Å². The number of hydrogen-bond donors (Lipinski definition) is 0. The van der Waals surface area contributed by atoms with Gasteiger partial charge in [0, 0.05) is 18.2 Å². The van der Waals surface area contributed by atoms with Crippen molar-refractivity contribution in [1.29, 1.82) is 0 Å². The summed E-state index contributed by atoms with van der Waals surface area (Å²) in [5.74, 6) is 0.201. The summed E-state index contributed by atoms with van der Waals surface area (Å²) in [4.78, 5) is 14.5. The predicted molar refractivity (Wildman–Crippen MR) is 82.6 cm³/mol. The molecule has 0 N–H and O–H groups in total. The first-order valence-corrected chi connectivity index (χ1v) is 7.00. The first kappa shape index (κ1) is 15.7. The number of carbonyl (C=O) groups is 1. The lowest BCUT2D eigenvalue weighted by Gasteiger charge is -2.30. The number of anilines is 1. The molecule has 0 saturated carbocycles. The van der Waals surface area contributed by atoms with E-state index in [0.29, 0.717) is 6.42 Å². The van der Waals surface area contributed by atoms with Crippen molar-refractivity contribution in [2.45, 2.75) is 60.9 Å². The molecule has 0 heterocycles. The van der Waals surface area contributed by atoms with Crippen molar-refractivity contribution in [3.63, 3.8) is 0 Å². The van der Waals surface area contributed by atoms with E-state index in [2.05, 4.69) is 66.7 Å². The van der Waals surface area contributed by atoms with Crippen molar-refractivity contribution in [1.82, 2.24) is 0 Å². The van der Waals surface area contributed by atoms with Crippen LogP contribution in [-0.4, -0.2) is 11.9 Å². The first-order valence-electron chi connectivity index (χ1n) is 7.00. The molecular weight excluding hydrogens is 234 g/mol. The molecule has 1 rings (SSSR count). The van der Waals surface area contributed by atoms with Crippen LogP contribution in [0.15, 0.2) is 18.2 Å². The van der Waals surface area contributed by atoms with Crippen molar-refractivity contribution in [3.05, 3.63) is 29.3 Å². The maximum absolute atomic E-state index is 12.5. The Bertz CT molecular complexity index is 435. The highest BCUT2D eigenvalue weighted by molar-refractivity contribution is 5.94. The molecule has 106 valence electrons. The zero-order valence-corrected chi connectivity index (χ0v) is 13.4. The topological polar surface area (TPSA) is 20.3 Å². The molecule has 1 aromatic rings. The van der Waals surface area contributed by atoms with Gasteiger partial charge in [0.05, 0.1) is 0 Å². The quantitative estimate of drug-likeness (QED) is 0.785. The molecule has 0 fully saturated rings. The second-order valence-corrected chi connectivity index (χ2v) is 6.94. The van der Waals surface area contributed by atoms with Crippen LogP contribution in [0, 0.1) is 19.3 Å². The van der Waals surface area contributed by atoms with Gasteiger partial charge in [-0.3, -0.25) is 4.79 Å². The van der Waals surface area contributed by atoms with Gasteiger partial charge in [0.15, 0.2) is 0 Å². The fourth-order valence-electron chi connectivity index (χ4n) is 2.36. The minimum atomic E-state index is 0.0170. The van der Waals surface area contributed by atoms with E-state index in [1.807, 2.05) is 4.90 Å². The smallest absolute Gasteiger partial charge is 0.227 e. The van der Waals surface area contributed by atoms with Gasteiger partial charge >= 0.3 is 0 Å². The maximum atomic E-state index is 12.5. The zero-order valence-electron chi connectivity index (χ0n) is 13.4. The molecule has 0 spiro atoms. The van der Waals surface area contributed by atoms with Gasteiger partial charge in [0.25, 0.3) is 0 Å². The summed E-state index contributed by atoms with van der Waals surface area (Å²) in [5.41, 5.74) is 3.43. The minimum absolute atomic E-state index is 0.0170. The third kappa shape index (κ3) is 4.70. The van der Waals surface area contributed by atoms with Crippen molar-refractivity contribution in [3.8, 4) is 0 Å². The lowest BCUT2D eigenvalue weighted by atomic mass is 9.91. The van der Waals surface area contributed by atoms with Gasteiger partial charge in [-0.15, -0.1) is 0 Å². The minimum Gasteiger partial charge on any atom is -0.310 e. The summed E-state index contributed by atoms with van der Waals surface area (Å²) >= 11 is 0. The van der Waals surface area contributed by atoms with E-state index >= 15 is 0 Å². The maximum Gasteiger partial charge on any atom is 0.227 e. The number of carbonyl (C=O) groups excluding carboxylic acids is 1. The Morgan fingerprint density at radius 3 is 1.95 bits per heavy atom. The molecule has 0 unspecified atom stereocenters. The van der Waals surface area contributed by atoms with E-state index in [4.69, 9.17) is 0 Å². The van der Waals surface area contributed by atoms with Crippen LogP contribution in [0.25, 0.3) is 0 Å². The van der Waals surface area contributed by atoms with E-state index in [1.165, 1.54) is 11.1 Å². The Kier molecular flexibility index (Phi) is 4.78. The van der Waals surface area contributed by atoms with Crippen LogP contribution in [0.2, 0.25) is 0 Å². The molecule has 2 heteroatoms. The summed E-state index contributed by atoms with van der Waals surface area (Å²) in [6.45, 7) is 14.6. The van der Waals surface area contributed by atoms with Crippen LogP contribution in [-0.2, 0) is 4.79 Å². The van der Waals surface area contributed by atoms with E-state index < -0.39 is 0 Å². The standard InChI is InChI=1S/C17H27NO/c1-12(2)18(16(19)11-17(5,6)7)15-9-13(3)8-14(4)10-15/h8-10,12H,11H2,1-7H3. The van der Waals surface area contributed by atoms with Crippen LogP contribution in [0.3, 0.4) is 0 Å². The average molecular weight is 261 g/mol. The molecule has 19 heavy (non-hydrogen) atoms. The molecule has 2 nitrogen and oxygen atoms in total. The largest absolute Gasteiger partial charge is 0.310 e. The third-order valence-corrected chi connectivity index (χ3v) is 2.95. The second-order valence-electron chi connectivity index (χ2n) is 6.94. The van der Waals surface area contributed by atoms with Crippen molar-refractivity contribution < 1.29 is 4.79 Å². The molecule has 0 aliphatic carbocycles. The monoisotopic (exact) mass is 261 g/mol. The number of benzene rings is 1. The van der Waals surface area contributed by atoms with Gasteiger partial charge in [-0.1, -0.05) is 26.8 Å². The SMILES string of the molecule is Cc1cc(C)cc(N(C(=O)CC(C)(C)C)C(C)C)c1. The number of nitrogens with zero attached hydrogens (tertiary/aromatic N) is 1. The Hall–Kier alpha value is -1.31. The van der Waals surface area contributed by atoms with Gasteiger partial charge in [-0.25, -0.2) is 0 Å². The highest BCUT2D eigenvalue weighted by Crippen LogP contribution is 2.26. The van der Waals surface area contributed by atoms with E-state index in [0.717, 1.165) is 5.69 Å². The predicted octanol–water partition coefficient (Wildman–Crippen LogP) is 4.48. The van der Waals surface area contributed by atoms with Gasteiger partial charge in [-0.05, 0) is 56.4 Å². The highest BCUT2D eigenvalue weighted by Gasteiger charge is 2.24. The number of hydrogen-bond acceptors (Lipinski definition) is 1. The van der Waals surface area contributed by atoms with Gasteiger partial charge in [-0.2, -0.15) is 0 Å². The van der Waals surface area contributed by atoms with Crippen LogP contribution in [0.5, 0.6) is 0 Å². The molecule has 0 aliphatic heterocycles. The second kappa shape index (κ2) is 5.77. The molecule has 0 bridgehead atoms. The fourth-order valence-corrected chi connectivity index (χ4v) is 2.36. The lowest BCUT2D eigenvalue weighted by molar-refractivity contribution is -0.120. The Morgan fingerprint density at radius 1 is 1.11 bits per heavy atom. The van der Waals surface area contributed by atoms with Crippen LogP contribution in [0.1, 0.15) is 52.2 Å². The van der Waals surface area contributed by atoms with Crippen LogP contribution >= 0.6 is 0 Å². The Labute approximate surface area is 117 Å². The van der Waals surface area contributed by atoms with Crippen LogP contribution in [0.4, 0.5) is 5.69 Å². The van der Waals surface area contributed by atoms with E-state index in [1.54, 1.807) is 0 Å². The molecule has 0 saturated heterocycles. The van der Waals surface area contributed by atoms with Crippen molar-refractivity contribution in [2.75, 3.05) is 4.90 Å². The highest BCUT2D eigenvalue weighted by atomic mass is 16.2. The Morgan fingerprint density at radius 2 is 1.58 bits per heavy atom. The lowest BCUT2D eigenvalue weighted by Crippen LogP contribution is -2.39. The van der Waals surface area contributed by atoms with Gasteiger partial charge in [0.2, 0.25) is 5.91 Å². The first-order chi connectivity index (χ1) is 8.60. The van der Waals surface area contributed by atoms with Gasteiger partial charge in [0.1, 0.15) is 0 Å². The zero-order chi connectivity index (χ0) is 14.8. The summed E-state index contributed by atoms with van der Waals surface area (Å²) < 4.78 is 0. The fraction of sp³-hybridized carbons (Fsp3) is 0.588. The number of aryl methyl sites for hydroxylation is 2. The summed E-state index contributed by atoms with van der Waals surface area (Å²) in [6.07, 6.45) is 0.568. The molecule has 0 radical (unpaired) electrons. The van der Waals surface area contributed by atoms with E-state index in [9.17, 15) is 4.79 Å². The summed E-state index contributed by atoms with van der Waals surface area (Å²) in [5, 5.41) is 0. The molecule has 1 aromatic carbocycles. The normalized spacial score (nSPS) is 11.8. The summed E-state index contributed by atoms with van der Waals surface area (Å²) in [7, 11) is 0. The van der Waals surface area contributed by atoms with Gasteiger partial charge < -0.3 is 4.90 Å². The molecular formula is C17H27NO. The Balaban J connectivity index is 3.10. The molecule has 0 atom stereocenters. The number of rotatable bonds is 3. The molecule has 0 aromatic heterocycles. The van der Waals surface area contributed by atoms with Crippen molar-refractivity contribution in [2.24, 2.45) is 5.41 Å².